The molecule has 0 aromatic heterocycles. The molecule has 0 nitrogen and oxygen atoms in total. The van der Waals surface area contributed by atoms with Gasteiger partial charge in [0.2, 0.25) is 0 Å². The Labute approximate surface area is 238 Å². The Hall–Kier alpha value is -1.04. The van der Waals surface area contributed by atoms with Crippen molar-refractivity contribution in [3.8, 4) is 0 Å². The van der Waals surface area contributed by atoms with Crippen LogP contribution >= 0.6 is 0 Å². The van der Waals surface area contributed by atoms with Gasteiger partial charge < -0.3 is 0 Å². The molecule has 0 heteroatoms. The van der Waals surface area contributed by atoms with E-state index in [-0.39, 0.29) is 0 Å². The minimum Gasteiger partial charge on any atom is -0.100 e. The van der Waals surface area contributed by atoms with Gasteiger partial charge >= 0.3 is 0 Å². The number of hydrogen-bond acceptors (Lipinski definition) is 0. The van der Waals surface area contributed by atoms with E-state index in [2.05, 4.69) is 138 Å². The van der Waals surface area contributed by atoms with Crippen LogP contribution in [-0.4, -0.2) is 0 Å². The van der Waals surface area contributed by atoms with Crippen LogP contribution in [0.3, 0.4) is 0 Å². The first-order valence-electron chi connectivity index (χ1n) is 14.9. The third kappa shape index (κ3) is 29.4. The number of allylic oxidation sites excluding steroid dienone is 6. The largest absolute Gasteiger partial charge is 0.100 e. The van der Waals surface area contributed by atoms with Crippen molar-refractivity contribution in [3.63, 3.8) is 0 Å². The summed E-state index contributed by atoms with van der Waals surface area (Å²) in [4.78, 5) is 0. The van der Waals surface area contributed by atoms with E-state index >= 15 is 0 Å². The second kappa shape index (κ2) is 20.9. The molecule has 0 fully saturated rings. The summed E-state index contributed by atoms with van der Waals surface area (Å²) in [5.41, 5.74) is 9.64. The van der Waals surface area contributed by atoms with Gasteiger partial charge in [0.1, 0.15) is 0 Å². The fraction of sp³-hybridized carbons (Fsp3) is 0.784. The zero-order valence-electron chi connectivity index (χ0n) is 29.8. The van der Waals surface area contributed by atoms with Crippen molar-refractivity contribution in [2.24, 2.45) is 34.5 Å². The molecule has 0 heterocycles. The summed E-state index contributed by atoms with van der Waals surface area (Å²) >= 11 is 0. The first-order chi connectivity index (χ1) is 16.3. The van der Waals surface area contributed by atoms with E-state index in [0.29, 0.717) is 28.6 Å². The maximum absolute atomic E-state index is 3.88. The zero-order chi connectivity index (χ0) is 30.9. The first kappa shape index (κ1) is 43.0. The minimum absolute atomic E-state index is 0.431. The third-order valence-electron chi connectivity index (χ3n) is 7.35. The molecule has 0 aliphatic carbocycles. The molecule has 0 bridgehead atoms. The van der Waals surface area contributed by atoms with Gasteiger partial charge in [-0.15, -0.1) is 6.58 Å². The van der Waals surface area contributed by atoms with Crippen LogP contribution in [0.5, 0.6) is 0 Å². The van der Waals surface area contributed by atoms with Crippen LogP contribution in [0.2, 0.25) is 0 Å². The average molecular weight is 519 g/mol. The summed E-state index contributed by atoms with van der Waals surface area (Å²) in [6.07, 6.45) is 3.72. The molecule has 37 heavy (non-hydrogen) atoms. The van der Waals surface area contributed by atoms with E-state index in [4.69, 9.17) is 0 Å². The molecular formula is C37H74. The van der Waals surface area contributed by atoms with Crippen molar-refractivity contribution in [2.75, 3.05) is 0 Å². The Balaban J connectivity index is -0.000000210. The molecule has 0 spiro atoms. The molecule has 1 atom stereocenters. The molecule has 0 rings (SSSR count). The van der Waals surface area contributed by atoms with Gasteiger partial charge in [-0.3, -0.25) is 0 Å². The van der Waals surface area contributed by atoms with Crippen molar-refractivity contribution < 1.29 is 0 Å². The van der Waals surface area contributed by atoms with Crippen molar-refractivity contribution in [1.82, 2.24) is 0 Å². The molecule has 222 valence electrons. The van der Waals surface area contributed by atoms with Crippen molar-refractivity contribution in [2.45, 2.75) is 158 Å². The summed E-state index contributed by atoms with van der Waals surface area (Å²) < 4.78 is 0. The highest BCUT2D eigenvalue weighted by molar-refractivity contribution is 5.13. The fourth-order valence-corrected chi connectivity index (χ4v) is 3.47. The summed E-state index contributed by atoms with van der Waals surface area (Å²) in [5, 5.41) is 0. The van der Waals surface area contributed by atoms with Crippen molar-refractivity contribution in [1.29, 1.82) is 0 Å². The highest BCUT2D eigenvalue weighted by Crippen LogP contribution is 2.31. The predicted octanol–water partition coefficient (Wildman–Crippen LogP) is 13.7. The van der Waals surface area contributed by atoms with Crippen LogP contribution in [0.15, 0.2) is 46.6 Å². The zero-order valence-corrected chi connectivity index (χ0v) is 29.8. The predicted molar refractivity (Wildman–Crippen MR) is 178 cm³/mol. The third-order valence-corrected chi connectivity index (χ3v) is 7.35. The Bertz CT molecular complexity index is 676. The lowest BCUT2D eigenvalue weighted by Gasteiger charge is -2.24. The average Bonchev–Trinajstić information content (AvgIpc) is 2.70. The molecular weight excluding hydrogens is 444 g/mol. The normalized spacial score (nSPS) is 13.8. The smallest absolute Gasteiger partial charge is 0.0214 e. The van der Waals surface area contributed by atoms with Crippen LogP contribution in [0.25, 0.3) is 0 Å². The second-order valence-electron chi connectivity index (χ2n) is 14.8. The monoisotopic (exact) mass is 519 g/mol. The van der Waals surface area contributed by atoms with Gasteiger partial charge in [0.25, 0.3) is 0 Å². The topological polar surface area (TPSA) is 0 Å². The quantitative estimate of drug-likeness (QED) is 0.280. The van der Waals surface area contributed by atoms with Crippen LogP contribution in [0.1, 0.15) is 158 Å². The van der Waals surface area contributed by atoms with Crippen LogP contribution in [0, 0.1) is 34.5 Å². The molecule has 0 aliphatic heterocycles. The van der Waals surface area contributed by atoms with E-state index < -0.39 is 0 Å². The standard InChI is InChI=1S/C13H26.C12H24.C8H16.C4H8/c1-8-13(6,7)9-11(4)12(5)10(2)3;1-9(2)11(4)10(3)8-12(5,6)7;1-6(2)8(5)7(3)4;1-4(2)3/h10H,8-9H2,1-7H3;9H,8H2,1-7H3;7-8H,1H2,2-5H3;1H2,2-3H3/b12-11+;11-10+;;. The molecule has 0 amide bonds. The van der Waals surface area contributed by atoms with Gasteiger partial charge in [-0.1, -0.05) is 136 Å². The van der Waals surface area contributed by atoms with Crippen LogP contribution in [-0.2, 0) is 0 Å². The second-order valence-corrected chi connectivity index (χ2v) is 14.8. The van der Waals surface area contributed by atoms with Gasteiger partial charge in [0.05, 0.1) is 0 Å². The number of rotatable bonds is 8. The molecule has 0 aliphatic rings. The first-order valence-corrected chi connectivity index (χ1v) is 14.9. The molecule has 0 saturated carbocycles. The number of hydrogen-bond donors (Lipinski definition) is 0. The Morgan fingerprint density at radius 2 is 0.892 bits per heavy atom. The maximum atomic E-state index is 3.88. The van der Waals surface area contributed by atoms with E-state index in [9.17, 15) is 0 Å². The molecule has 0 saturated heterocycles. The van der Waals surface area contributed by atoms with Gasteiger partial charge in [-0.25, -0.2) is 0 Å². The summed E-state index contributed by atoms with van der Waals surface area (Å²) in [6.45, 7) is 52.1. The highest BCUT2D eigenvalue weighted by atomic mass is 14.2. The Morgan fingerprint density at radius 3 is 1.05 bits per heavy atom. The van der Waals surface area contributed by atoms with Crippen molar-refractivity contribution >= 4 is 0 Å². The molecule has 0 aromatic carbocycles. The van der Waals surface area contributed by atoms with E-state index in [1.807, 2.05) is 13.8 Å². The van der Waals surface area contributed by atoms with Gasteiger partial charge in [-0.05, 0) is 95.8 Å². The summed E-state index contributed by atoms with van der Waals surface area (Å²) in [7, 11) is 0. The van der Waals surface area contributed by atoms with Gasteiger partial charge in [0.15, 0.2) is 0 Å². The molecule has 0 radical (unpaired) electrons. The lowest BCUT2D eigenvalue weighted by molar-refractivity contribution is 0.346. The summed E-state index contributed by atoms with van der Waals surface area (Å²) in [6, 6.07) is 0. The SMILES string of the molecule is C/C(CC(C)(C)C)=C(/C)C(C)C.C=C(C)C.C=C(C)C(C)C(C)C.CCC(C)(C)C/C(C)=C(\C)C(C)C. The molecule has 0 aromatic rings. The molecule has 0 N–H and O–H groups in total. The summed E-state index contributed by atoms with van der Waals surface area (Å²) in [5.74, 6) is 2.82. The Morgan fingerprint density at radius 1 is 0.595 bits per heavy atom. The van der Waals surface area contributed by atoms with Crippen molar-refractivity contribution in [3.05, 3.63) is 46.6 Å². The highest BCUT2D eigenvalue weighted by Gasteiger charge is 2.17. The molecule has 1 unspecified atom stereocenters. The van der Waals surface area contributed by atoms with E-state index in [0.717, 1.165) is 5.92 Å². The maximum Gasteiger partial charge on any atom is -0.0214 e. The van der Waals surface area contributed by atoms with Gasteiger partial charge in [0, 0.05) is 0 Å². The lowest BCUT2D eigenvalue weighted by Crippen LogP contribution is -2.11. The lowest BCUT2D eigenvalue weighted by atomic mass is 9.81. The van der Waals surface area contributed by atoms with E-state index in [1.54, 1.807) is 22.3 Å². The minimum atomic E-state index is 0.431. The van der Waals surface area contributed by atoms with Crippen LogP contribution in [0.4, 0.5) is 0 Å². The Kier molecular flexibility index (Phi) is 24.3. The van der Waals surface area contributed by atoms with Crippen LogP contribution < -0.4 is 0 Å². The van der Waals surface area contributed by atoms with E-state index in [1.165, 1.54) is 30.4 Å². The van der Waals surface area contributed by atoms with Gasteiger partial charge in [-0.2, -0.15) is 0 Å². The fourth-order valence-electron chi connectivity index (χ4n) is 3.47.